The minimum absolute atomic E-state index is 0.497. The first-order valence-corrected chi connectivity index (χ1v) is 7.43. The van der Waals surface area contributed by atoms with Crippen molar-refractivity contribution in [3.8, 4) is 0 Å². The van der Waals surface area contributed by atoms with Crippen molar-refractivity contribution in [1.29, 1.82) is 0 Å². The average molecular weight is 280 g/mol. The first kappa shape index (κ1) is 14.2. The quantitative estimate of drug-likeness (QED) is 0.506. The molecule has 2 rings (SSSR count). The van der Waals surface area contributed by atoms with Gasteiger partial charge in [0.15, 0.2) is 5.96 Å². The van der Waals surface area contributed by atoms with Crippen molar-refractivity contribution in [3.63, 3.8) is 0 Å². The van der Waals surface area contributed by atoms with E-state index in [1.807, 2.05) is 24.3 Å². The highest BCUT2D eigenvalue weighted by molar-refractivity contribution is 6.30. The van der Waals surface area contributed by atoms with E-state index >= 15 is 0 Å². The molecule has 1 aliphatic carbocycles. The van der Waals surface area contributed by atoms with Gasteiger partial charge in [-0.3, -0.25) is 0 Å². The Balaban J connectivity index is 1.82. The molecule has 0 atom stereocenters. The molecular weight excluding hydrogens is 258 g/mol. The summed E-state index contributed by atoms with van der Waals surface area (Å²) in [4.78, 5) is 4.39. The van der Waals surface area contributed by atoms with E-state index < -0.39 is 0 Å². The number of guanidine groups is 1. The lowest BCUT2D eigenvalue weighted by atomic mass is 10.1. The van der Waals surface area contributed by atoms with Crippen LogP contribution in [0.2, 0.25) is 5.02 Å². The first-order chi connectivity index (χ1) is 9.24. The molecule has 0 unspecified atom stereocenters. The number of hydrogen-bond donors (Lipinski definition) is 2. The molecule has 1 fully saturated rings. The molecule has 0 saturated heterocycles. The summed E-state index contributed by atoms with van der Waals surface area (Å²) in [5.74, 6) is 0.557. The van der Waals surface area contributed by atoms with Crippen molar-refractivity contribution in [2.75, 3.05) is 0 Å². The topological polar surface area (TPSA) is 50.4 Å². The lowest BCUT2D eigenvalue weighted by Crippen LogP contribution is -2.39. The maximum Gasteiger partial charge on any atom is 0.189 e. The lowest BCUT2D eigenvalue weighted by Gasteiger charge is -2.16. The monoisotopic (exact) mass is 279 g/mol. The summed E-state index contributed by atoms with van der Waals surface area (Å²) in [6.45, 7) is 0.600. The summed E-state index contributed by atoms with van der Waals surface area (Å²) in [6.07, 6.45) is 7.69. The number of hydrogen-bond acceptors (Lipinski definition) is 1. The van der Waals surface area contributed by atoms with Crippen LogP contribution in [0.1, 0.15) is 44.1 Å². The molecule has 1 aromatic carbocycles. The third kappa shape index (κ3) is 5.11. The number of nitrogens with two attached hydrogens (primary N) is 1. The van der Waals surface area contributed by atoms with Gasteiger partial charge in [0.2, 0.25) is 0 Å². The number of halogens is 1. The Morgan fingerprint density at radius 1 is 1.16 bits per heavy atom. The van der Waals surface area contributed by atoms with Crippen molar-refractivity contribution in [3.05, 3.63) is 34.9 Å². The van der Waals surface area contributed by atoms with E-state index in [0.29, 0.717) is 18.5 Å². The van der Waals surface area contributed by atoms with E-state index in [1.165, 1.54) is 38.5 Å². The fraction of sp³-hybridized carbons (Fsp3) is 0.533. The van der Waals surface area contributed by atoms with Crippen LogP contribution in [-0.4, -0.2) is 12.0 Å². The molecule has 0 aromatic heterocycles. The van der Waals surface area contributed by atoms with Crippen molar-refractivity contribution in [2.45, 2.75) is 51.1 Å². The van der Waals surface area contributed by atoms with Gasteiger partial charge in [-0.05, 0) is 30.5 Å². The smallest absolute Gasteiger partial charge is 0.189 e. The van der Waals surface area contributed by atoms with Gasteiger partial charge in [0.1, 0.15) is 0 Å². The van der Waals surface area contributed by atoms with E-state index in [9.17, 15) is 0 Å². The van der Waals surface area contributed by atoms with Crippen molar-refractivity contribution >= 4 is 17.6 Å². The summed E-state index contributed by atoms with van der Waals surface area (Å²) < 4.78 is 0. The normalized spacial score (nSPS) is 18.1. The summed E-state index contributed by atoms with van der Waals surface area (Å²) in [6, 6.07) is 8.20. The molecule has 4 heteroatoms. The molecular formula is C15H22ClN3. The average Bonchev–Trinajstić information content (AvgIpc) is 2.67. The van der Waals surface area contributed by atoms with Crippen LogP contribution < -0.4 is 11.1 Å². The van der Waals surface area contributed by atoms with Gasteiger partial charge >= 0.3 is 0 Å². The van der Waals surface area contributed by atoms with Gasteiger partial charge in [-0.2, -0.15) is 0 Å². The third-order valence-corrected chi connectivity index (χ3v) is 3.80. The second kappa shape index (κ2) is 7.39. The molecule has 0 spiro atoms. The highest BCUT2D eigenvalue weighted by Crippen LogP contribution is 2.17. The summed E-state index contributed by atoms with van der Waals surface area (Å²) in [5, 5.41) is 4.09. The van der Waals surface area contributed by atoms with E-state index in [0.717, 1.165) is 10.6 Å². The largest absolute Gasteiger partial charge is 0.370 e. The number of nitrogens with zero attached hydrogens (tertiary/aromatic N) is 1. The van der Waals surface area contributed by atoms with Crippen LogP contribution in [0.4, 0.5) is 0 Å². The summed E-state index contributed by atoms with van der Waals surface area (Å²) in [7, 11) is 0. The number of rotatable bonds is 3. The van der Waals surface area contributed by atoms with Crippen LogP contribution in [0.5, 0.6) is 0 Å². The predicted molar refractivity (Wildman–Crippen MR) is 81.4 cm³/mol. The molecule has 0 amide bonds. The van der Waals surface area contributed by atoms with Gasteiger partial charge < -0.3 is 11.1 Å². The van der Waals surface area contributed by atoms with Crippen LogP contribution >= 0.6 is 11.6 Å². The van der Waals surface area contributed by atoms with Crippen molar-refractivity contribution < 1.29 is 0 Å². The van der Waals surface area contributed by atoms with Crippen LogP contribution in [0.25, 0.3) is 0 Å². The second-order valence-corrected chi connectivity index (χ2v) is 5.60. The van der Waals surface area contributed by atoms with Crippen molar-refractivity contribution in [1.82, 2.24) is 5.32 Å². The Morgan fingerprint density at radius 3 is 2.42 bits per heavy atom. The van der Waals surface area contributed by atoms with Crippen LogP contribution in [-0.2, 0) is 6.54 Å². The Kier molecular flexibility index (Phi) is 5.52. The molecule has 1 aromatic rings. The Labute approximate surface area is 120 Å². The van der Waals surface area contributed by atoms with Gasteiger partial charge in [-0.25, -0.2) is 4.99 Å². The predicted octanol–water partition coefficient (Wildman–Crippen LogP) is 3.47. The molecule has 19 heavy (non-hydrogen) atoms. The summed E-state index contributed by atoms with van der Waals surface area (Å²) in [5.41, 5.74) is 7.07. The Morgan fingerprint density at radius 2 is 1.79 bits per heavy atom. The number of benzene rings is 1. The molecule has 0 radical (unpaired) electrons. The molecule has 1 aliphatic rings. The molecule has 0 heterocycles. The molecule has 1 saturated carbocycles. The van der Waals surface area contributed by atoms with E-state index in [2.05, 4.69) is 10.3 Å². The zero-order valence-corrected chi connectivity index (χ0v) is 12.0. The SMILES string of the molecule is NC(=NCc1ccc(Cl)cc1)NC1CCCCCC1. The lowest BCUT2D eigenvalue weighted by molar-refractivity contribution is 0.530. The number of aliphatic imine (C=N–C) groups is 1. The molecule has 0 bridgehead atoms. The number of nitrogens with one attached hydrogen (secondary N) is 1. The zero-order chi connectivity index (χ0) is 13.5. The maximum atomic E-state index is 5.95. The highest BCUT2D eigenvalue weighted by Gasteiger charge is 2.12. The van der Waals surface area contributed by atoms with Gasteiger partial charge in [0.25, 0.3) is 0 Å². The fourth-order valence-corrected chi connectivity index (χ4v) is 2.57. The van der Waals surface area contributed by atoms with Gasteiger partial charge in [-0.15, -0.1) is 0 Å². The minimum Gasteiger partial charge on any atom is -0.370 e. The fourth-order valence-electron chi connectivity index (χ4n) is 2.44. The maximum absolute atomic E-state index is 5.95. The highest BCUT2D eigenvalue weighted by atomic mass is 35.5. The van der Waals surface area contributed by atoms with Crippen molar-refractivity contribution in [2.24, 2.45) is 10.7 Å². The Bertz CT molecular complexity index is 406. The van der Waals surface area contributed by atoms with Crippen LogP contribution in [0.15, 0.2) is 29.3 Å². The second-order valence-electron chi connectivity index (χ2n) is 5.16. The van der Waals surface area contributed by atoms with Crippen LogP contribution in [0.3, 0.4) is 0 Å². The molecule has 3 N–H and O–H groups in total. The standard InChI is InChI=1S/C15H22ClN3/c16-13-9-7-12(8-10-13)11-18-15(17)19-14-5-3-1-2-4-6-14/h7-10,14H,1-6,11H2,(H3,17,18,19). The third-order valence-electron chi connectivity index (χ3n) is 3.55. The first-order valence-electron chi connectivity index (χ1n) is 7.05. The molecule has 104 valence electrons. The van der Waals surface area contributed by atoms with E-state index in [4.69, 9.17) is 17.3 Å². The van der Waals surface area contributed by atoms with Gasteiger partial charge in [0.05, 0.1) is 6.54 Å². The minimum atomic E-state index is 0.497. The summed E-state index contributed by atoms with van der Waals surface area (Å²) >= 11 is 5.85. The van der Waals surface area contributed by atoms with E-state index in [1.54, 1.807) is 0 Å². The van der Waals surface area contributed by atoms with Gasteiger partial charge in [-0.1, -0.05) is 49.4 Å². The zero-order valence-electron chi connectivity index (χ0n) is 11.2. The Hall–Kier alpha value is -1.22. The van der Waals surface area contributed by atoms with Crippen LogP contribution in [0, 0.1) is 0 Å². The van der Waals surface area contributed by atoms with Gasteiger partial charge in [0, 0.05) is 11.1 Å². The van der Waals surface area contributed by atoms with E-state index in [-0.39, 0.29) is 0 Å². The molecule has 3 nitrogen and oxygen atoms in total. The molecule has 0 aliphatic heterocycles.